The van der Waals surface area contributed by atoms with E-state index in [2.05, 4.69) is 11.1 Å². The molecule has 18 heavy (non-hydrogen) atoms. The lowest BCUT2D eigenvalue weighted by Gasteiger charge is -2.21. The average molecular weight is 266 g/mol. The van der Waals surface area contributed by atoms with Crippen molar-refractivity contribution in [3.05, 3.63) is 30.1 Å². The second-order valence-electron chi connectivity index (χ2n) is 3.88. The van der Waals surface area contributed by atoms with Crippen LogP contribution in [-0.2, 0) is 11.3 Å². The zero-order chi connectivity index (χ0) is 13.2. The molecule has 0 N–H and O–H groups in total. The van der Waals surface area contributed by atoms with E-state index in [9.17, 15) is 4.79 Å². The van der Waals surface area contributed by atoms with Gasteiger partial charge >= 0.3 is 0 Å². The molecule has 0 saturated heterocycles. The van der Waals surface area contributed by atoms with Crippen LogP contribution in [0, 0.1) is 11.3 Å². The van der Waals surface area contributed by atoms with Crippen LogP contribution in [0.1, 0.15) is 24.8 Å². The highest BCUT2D eigenvalue weighted by molar-refractivity contribution is 6.17. The molecule has 0 aliphatic rings. The van der Waals surface area contributed by atoms with Crippen LogP contribution < -0.4 is 0 Å². The number of alkyl halides is 1. The Labute approximate surface area is 112 Å². The lowest BCUT2D eigenvalue weighted by Crippen LogP contribution is -2.31. The van der Waals surface area contributed by atoms with Gasteiger partial charge in [0.2, 0.25) is 5.91 Å². The summed E-state index contributed by atoms with van der Waals surface area (Å²) in [6.07, 6.45) is 4.85. The normalized spacial score (nSPS) is 9.78. The summed E-state index contributed by atoms with van der Waals surface area (Å²) in [5.41, 5.74) is 0.967. The van der Waals surface area contributed by atoms with Gasteiger partial charge in [0.25, 0.3) is 0 Å². The molecular weight excluding hydrogens is 250 g/mol. The number of hydrogen-bond acceptors (Lipinski definition) is 3. The van der Waals surface area contributed by atoms with Crippen molar-refractivity contribution in [2.45, 2.75) is 25.8 Å². The zero-order valence-electron chi connectivity index (χ0n) is 10.2. The fourth-order valence-corrected chi connectivity index (χ4v) is 1.70. The van der Waals surface area contributed by atoms with Crippen LogP contribution >= 0.6 is 11.6 Å². The zero-order valence-corrected chi connectivity index (χ0v) is 10.9. The van der Waals surface area contributed by atoms with Crippen LogP contribution in [-0.4, -0.2) is 28.2 Å². The van der Waals surface area contributed by atoms with Crippen molar-refractivity contribution in [2.24, 2.45) is 0 Å². The summed E-state index contributed by atoms with van der Waals surface area (Å²) in [5.74, 6) is 0.514. The largest absolute Gasteiger partial charge is 0.337 e. The molecule has 1 rings (SSSR count). The second kappa shape index (κ2) is 8.48. The molecule has 0 aliphatic carbocycles. The number of carbonyl (C=O) groups is 1. The van der Waals surface area contributed by atoms with Crippen molar-refractivity contribution in [1.82, 2.24) is 9.88 Å². The molecule has 0 saturated carbocycles. The van der Waals surface area contributed by atoms with E-state index in [1.54, 1.807) is 17.3 Å². The molecule has 96 valence electrons. The van der Waals surface area contributed by atoms with Gasteiger partial charge in [-0.05, 0) is 18.1 Å². The first-order valence-electron chi connectivity index (χ1n) is 5.87. The minimum Gasteiger partial charge on any atom is -0.337 e. The molecule has 1 aromatic heterocycles. The molecule has 0 unspecified atom stereocenters. The standard InChI is InChI=1S/C13H16ClN3O/c14-6-1-5-13(18)17(9-3-7-15)11-12-4-2-8-16-10-12/h2,4,8,10H,1,3,5-6,9,11H2. The maximum absolute atomic E-state index is 11.9. The minimum absolute atomic E-state index is 0.0368. The Hall–Kier alpha value is -1.60. The molecule has 0 bridgehead atoms. The number of amides is 1. The van der Waals surface area contributed by atoms with Crippen LogP contribution in [0.25, 0.3) is 0 Å². The van der Waals surface area contributed by atoms with Gasteiger partial charge in [0.05, 0.1) is 12.5 Å². The number of halogens is 1. The van der Waals surface area contributed by atoms with Gasteiger partial charge in [-0.2, -0.15) is 5.26 Å². The molecule has 0 fully saturated rings. The van der Waals surface area contributed by atoms with E-state index in [1.807, 2.05) is 12.1 Å². The van der Waals surface area contributed by atoms with Crippen molar-refractivity contribution >= 4 is 17.5 Å². The summed E-state index contributed by atoms with van der Waals surface area (Å²) in [7, 11) is 0. The van der Waals surface area contributed by atoms with E-state index < -0.39 is 0 Å². The highest BCUT2D eigenvalue weighted by atomic mass is 35.5. The lowest BCUT2D eigenvalue weighted by atomic mass is 10.2. The Balaban J connectivity index is 2.60. The fourth-order valence-electron chi connectivity index (χ4n) is 1.57. The minimum atomic E-state index is 0.0368. The third-order valence-electron chi connectivity index (χ3n) is 2.47. The number of nitriles is 1. The molecule has 0 aromatic carbocycles. The predicted octanol–water partition coefficient (Wildman–Crippen LogP) is 2.34. The van der Waals surface area contributed by atoms with Gasteiger partial charge in [0, 0.05) is 37.8 Å². The fraction of sp³-hybridized carbons (Fsp3) is 0.462. The Morgan fingerprint density at radius 3 is 3.00 bits per heavy atom. The highest BCUT2D eigenvalue weighted by Crippen LogP contribution is 2.07. The Morgan fingerprint density at radius 1 is 1.56 bits per heavy atom. The third-order valence-corrected chi connectivity index (χ3v) is 2.73. The first kappa shape index (κ1) is 14.5. The molecule has 0 atom stereocenters. The van der Waals surface area contributed by atoms with E-state index in [4.69, 9.17) is 16.9 Å². The number of nitrogens with zero attached hydrogens (tertiary/aromatic N) is 3. The monoisotopic (exact) mass is 265 g/mol. The van der Waals surface area contributed by atoms with Gasteiger partial charge in [0.1, 0.15) is 0 Å². The summed E-state index contributed by atoms with van der Waals surface area (Å²) in [6, 6.07) is 5.81. The smallest absolute Gasteiger partial charge is 0.222 e. The molecule has 0 aliphatic heterocycles. The summed E-state index contributed by atoms with van der Waals surface area (Å²) >= 11 is 5.58. The van der Waals surface area contributed by atoms with Crippen LogP contribution in [0.4, 0.5) is 0 Å². The van der Waals surface area contributed by atoms with Crippen molar-refractivity contribution in [3.63, 3.8) is 0 Å². The van der Waals surface area contributed by atoms with Gasteiger partial charge < -0.3 is 4.90 Å². The van der Waals surface area contributed by atoms with Crippen LogP contribution in [0.3, 0.4) is 0 Å². The molecule has 5 heteroatoms. The van der Waals surface area contributed by atoms with Gasteiger partial charge in [-0.15, -0.1) is 11.6 Å². The van der Waals surface area contributed by atoms with Gasteiger partial charge in [-0.25, -0.2) is 0 Å². The molecule has 1 amide bonds. The van der Waals surface area contributed by atoms with Gasteiger partial charge in [-0.1, -0.05) is 6.07 Å². The Kier molecular flexibility index (Phi) is 6.82. The maximum Gasteiger partial charge on any atom is 0.222 e. The molecule has 1 aromatic rings. The van der Waals surface area contributed by atoms with Crippen LogP contribution in [0.15, 0.2) is 24.5 Å². The van der Waals surface area contributed by atoms with Crippen LogP contribution in [0.2, 0.25) is 0 Å². The van der Waals surface area contributed by atoms with Crippen molar-refractivity contribution in [1.29, 1.82) is 5.26 Å². The number of aromatic nitrogens is 1. The summed E-state index contributed by atoms with van der Waals surface area (Å²) in [4.78, 5) is 17.7. The average Bonchev–Trinajstić information content (AvgIpc) is 2.42. The lowest BCUT2D eigenvalue weighted by molar-refractivity contribution is -0.131. The molecular formula is C13H16ClN3O. The SMILES string of the molecule is N#CCCN(Cc1cccnc1)C(=O)CCCCl. The van der Waals surface area contributed by atoms with Crippen molar-refractivity contribution in [2.75, 3.05) is 12.4 Å². The van der Waals surface area contributed by atoms with Crippen molar-refractivity contribution in [3.8, 4) is 6.07 Å². The van der Waals surface area contributed by atoms with Crippen LogP contribution in [0.5, 0.6) is 0 Å². The number of carbonyl (C=O) groups excluding carboxylic acids is 1. The molecule has 0 radical (unpaired) electrons. The number of pyridine rings is 1. The van der Waals surface area contributed by atoms with Gasteiger partial charge in [-0.3, -0.25) is 9.78 Å². The van der Waals surface area contributed by atoms with E-state index in [-0.39, 0.29) is 5.91 Å². The van der Waals surface area contributed by atoms with Crippen molar-refractivity contribution < 1.29 is 4.79 Å². The number of rotatable bonds is 7. The predicted molar refractivity (Wildman–Crippen MR) is 69.8 cm³/mol. The summed E-state index contributed by atoms with van der Waals surface area (Å²) in [5, 5.41) is 8.62. The highest BCUT2D eigenvalue weighted by Gasteiger charge is 2.13. The number of hydrogen-bond donors (Lipinski definition) is 0. The van der Waals surface area contributed by atoms with E-state index in [0.717, 1.165) is 5.56 Å². The second-order valence-corrected chi connectivity index (χ2v) is 4.26. The molecule has 4 nitrogen and oxygen atoms in total. The third kappa shape index (κ3) is 5.15. The first-order valence-corrected chi connectivity index (χ1v) is 6.41. The summed E-state index contributed by atoms with van der Waals surface area (Å²) in [6.45, 7) is 0.948. The first-order chi connectivity index (χ1) is 8.77. The van der Waals surface area contributed by atoms with Gasteiger partial charge in [0.15, 0.2) is 0 Å². The maximum atomic E-state index is 11.9. The quantitative estimate of drug-likeness (QED) is 0.711. The topological polar surface area (TPSA) is 57.0 Å². The Morgan fingerprint density at radius 2 is 2.39 bits per heavy atom. The molecule has 0 spiro atoms. The van der Waals surface area contributed by atoms with E-state index in [0.29, 0.717) is 38.2 Å². The molecule has 1 heterocycles. The summed E-state index contributed by atoms with van der Waals surface area (Å²) < 4.78 is 0. The Bertz CT molecular complexity index is 402. The van der Waals surface area contributed by atoms with E-state index in [1.165, 1.54) is 0 Å². The van der Waals surface area contributed by atoms with E-state index >= 15 is 0 Å².